The number of aromatic nitrogens is 2. The highest BCUT2D eigenvalue weighted by molar-refractivity contribution is 7.89. The molecule has 0 saturated heterocycles. The number of nitrogens with two attached hydrogens (primary N) is 2. The smallest absolute Gasteiger partial charge is 0.238 e. The van der Waals surface area contributed by atoms with Crippen molar-refractivity contribution in [2.75, 3.05) is 11.1 Å². The van der Waals surface area contributed by atoms with E-state index in [-0.39, 0.29) is 4.90 Å². The van der Waals surface area contributed by atoms with Gasteiger partial charge in [0.15, 0.2) is 5.82 Å². The highest BCUT2D eigenvalue weighted by Crippen LogP contribution is 2.16. The Morgan fingerprint density at radius 3 is 2.33 bits per heavy atom. The van der Waals surface area contributed by atoms with Crippen molar-refractivity contribution in [2.45, 2.75) is 4.90 Å². The Kier molecular flexibility index (Phi) is 3.13. The fraction of sp³-hybridized carbons (Fsp3) is 0. The van der Waals surface area contributed by atoms with Gasteiger partial charge in [0, 0.05) is 5.69 Å². The molecule has 94 valence electrons. The van der Waals surface area contributed by atoms with Crippen LogP contribution in [0.4, 0.5) is 17.3 Å². The van der Waals surface area contributed by atoms with Crippen LogP contribution in [0.3, 0.4) is 0 Å². The number of sulfonamides is 1. The standard InChI is InChI=1S/C10H11N5O2S/c11-9-5-13-6-10(15-9)14-7-1-3-8(4-2-7)18(12,16)17/h1-6H,(H3,11,14,15)(H2,12,16,17). The van der Waals surface area contributed by atoms with E-state index in [1.54, 1.807) is 12.1 Å². The molecule has 0 unspecified atom stereocenters. The van der Waals surface area contributed by atoms with Crippen LogP contribution in [-0.2, 0) is 10.0 Å². The summed E-state index contributed by atoms with van der Waals surface area (Å²) in [6, 6.07) is 5.95. The third kappa shape index (κ3) is 2.93. The minimum atomic E-state index is -3.67. The molecule has 0 spiro atoms. The largest absolute Gasteiger partial charge is 0.382 e. The van der Waals surface area contributed by atoms with Gasteiger partial charge < -0.3 is 11.1 Å². The van der Waals surface area contributed by atoms with Gasteiger partial charge in [-0.05, 0) is 24.3 Å². The molecule has 0 radical (unpaired) electrons. The van der Waals surface area contributed by atoms with E-state index < -0.39 is 10.0 Å². The average Bonchev–Trinajstić information content (AvgIpc) is 2.28. The molecule has 0 aliphatic heterocycles. The van der Waals surface area contributed by atoms with Gasteiger partial charge in [0.1, 0.15) is 5.82 Å². The summed E-state index contributed by atoms with van der Waals surface area (Å²) in [6.07, 6.45) is 2.93. The van der Waals surface area contributed by atoms with Crippen LogP contribution >= 0.6 is 0 Å². The Hall–Kier alpha value is -2.19. The molecule has 1 aromatic heterocycles. The van der Waals surface area contributed by atoms with Crippen LogP contribution in [-0.4, -0.2) is 18.4 Å². The summed E-state index contributed by atoms with van der Waals surface area (Å²) < 4.78 is 22.1. The number of benzene rings is 1. The lowest BCUT2D eigenvalue weighted by atomic mass is 10.3. The zero-order chi connectivity index (χ0) is 13.2. The first-order valence-electron chi connectivity index (χ1n) is 4.92. The maximum atomic E-state index is 11.1. The van der Waals surface area contributed by atoms with Gasteiger partial charge in [0.2, 0.25) is 10.0 Å². The molecule has 1 aromatic carbocycles. The van der Waals surface area contributed by atoms with Crippen LogP contribution in [0, 0.1) is 0 Å². The minimum Gasteiger partial charge on any atom is -0.382 e. The molecule has 2 rings (SSSR count). The third-order valence-electron chi connectivity index (χ3n) is 2.11. The van der Waals surface area contributed by atoms with Crippen molar-refractivity contribution in [1.82, 2.24) is 9.97 Å². The van der Waals surface area contributed by atoms with Crippen molar-refractivity contribution in [2.24, 2.45) is 5.14 Å². The zero-order valence-corrected chi connectivity index (χ0v) is 10.1. The number of nitrogens with one attached hydrogen (secondary N) is 1. The van der Waals surface area contributed by atoms with Crippen LogP contribution < -0.4 is 16.2 Å². The summed E-state index contributed by atoms with van der Waals surface area (Å²) in [7, 11) is -3.67. The predicted molar refractivity (Wildman–Crippen MR) is 67.5 cm³/mol. The molecule has 0 amide bonds. The Bertz CT molecular complexity index is 654. The molecular formula is C10H11N5O2S. The van der Waals surface area contributed by atoms with E-state index in [1.807, 2.05) is 0 Å². The second kappa shape index (κ2) is 4.59. The minimum absolute atomic E-state index is 0.0479. The van der Waals surface area contributed by atoms with Crippen molar-refractivity contribution in [3.8, 4) is 0 Å². The SMILES string of the molecule is Nc1cncc(Nc2ccc(S(N)(=O)=O)cc2)n1. The van der Waals surface area contributed by atoms with Gasteiger partial charge in [0.05, 0.1) is 17.3 Å². The maximum absolute atomic E-state index is 11.1. The quantitative estimate of drug-likeness (QED) is 0.740. The predicted octanol–water partition coefficient (Wildman–Crippen LogP) is 0.450. The average molecular weight is 265 g/mol. The van der Waals surface area contributed by atoms with E-state index in [1.165, 1.54) is 24.5 Å². The molecule has 0 aliphatic carbocycles. The van der Waals surface area contributed by atoms with Gasteiger partial charge in [-0.1, -0.05) is 0 Å². The van der Waals surface area contributed by atoms with Crippen molar-refractivity contribution in [3.63, 3.8) is 0 Å². The van der Waals surface area contributed by atoms with E-state index in [4.69, 9.17) is 10.9 Å². The van der Waals surface area contributed by atoms with E-state index in [0.717, 1.165) is 0 Å². The Labute approximate surface area is 104 Å². The van der Waals surface area contributed by atoms with Crippen LogP contribution in [0.15, 0.2) is 41.6 Å². The summed E-state index contributed by atoms with van der Waals surface area (Å²) in [5, 5.41) is 7.93. The van der Waals surface area contributed by atoms with Crippen molar-refractivity contribution in [3.05, 3.63) is 36.7 Å². The van der Waals surface area contributed by atoms with E-state index in [9.17, 15) is 8.42 Å². The molecule has 7 nitrogen and oxygen atoms in total. The molecule has 18 heavy (non-hydrogen) atoms. The van der Waals surface area contributed by atoms with Crippen LogP contribution in [0.5, 0.6) is 0 Å². The first-order valence-corrected chi connectivity index (χ1v) is 6.47. The molecule has 5 N–H and O–H groups in total. The first-order chi connectivity index (χ1) is 8.45. The second-order valence-electron chi connectivity index (χ2n) is 3.52. The number of primary sulfonamides is 1. The molecule has 8 heteroatoms. The molecule has 0 saturated carbocycles. The Morgan fingerprint density at radius 1 is 1.11 bits per heavy atom. The molecule has 0 atom stereocenters. The maximum Gasteiger partial charge on any atom is 0.238 e. The van der Waals surface area contributed by atoms with E-state index in [0.29, 0.717) is 17.3 Å². The summed E-state index contributed by atoms with van der Waals surface area (Å²) in [5.74, 6) is 0.763. The number of hydrogen-bond acceptors (Lipinski definition) is 6. The lowest BCUT2D eigenvalue weighted by molar-refractivity contribution is 0.598. The second-order valence-corrected chi connectivity index (χ2v) is 5.08. The number of nitrogens with zero attached hydrogens (tertiary/aromatic N) is 2. The third-order valence-corrected chi connectivity index (χ3v) is 3.04. The molecule has 0 aliphatic rings. The van der Waals surface area contributed by atoms with Gasteiger partial charge in [-0.3, -0.25) is 4.98 Å². The lowest BCUT2D eigenvalue weighted by Crippen LogP contribution is -2.11. The molecule has 0 bridgehead atoms. The first kappa shape index (κ1) is 12.3. The van der Waals surface area contributed by atoms with Crippen LogP contribution in [0.2, 0.25) is 0 Å². The topological polar surface area (TPSA) is 124 Å². The zero-order valence-electron chi connectivity index (χ0n) is 9.24. The summed E-state index contributed by atoms with van der Waals surface area (Å²) >= 11 is 0. The van der Waals surface area contributed by atoms with Crippen molar-refractivity contribution >= 4 is 27.3 Å². The monoisotopic (exact) mass is 265 g/mol. The molecule has 2 aromatic rings. The lowest BCUT2D eigenvalue weighted by Gasteiger charge is -2.06. The summed E-state index contributed by atoms with van der Waals surface area (Å²) in [5.41, 5.74) is 6.14. The van der Waals surface area contributed by atoms with E-state index in [2.05, 4.69) is 15.3 Å². The number of rotatable bonds is 3. The van der Waals surface area contributed by atoms with Crippen molar-refractivity contribution in [1.29, 1.82) is 0 Å². The fourth-order valence-electron chi connectivity index (χ4n) is 1.32. The number of anilines is 3. The number of nitrogen functional groups attached to an aromatic ring is 1. The van der Waals surface area contributed by atoms with Gasteiger partial charge >= 0.3 is 0 Å². The van der Waals surface area contributed by atoms with E-state index >= 15 is 0 Å². The highest BCUT2D eigenvalue weighted by atomic mass is 32.2. The molecular weight excluding hydrogens is 254 g/mol. The molecule has 0 fully saturated rings. The van der Waals surface area contributed by atoms with Gasteiger partial charge in [-0.2, -0.15) is 0 Å². The number of hydrogen-bond donors (Lipinski definition) is 3. The summed E-state index contributed by atoms with van der Waals surface area (Å²) in [4.78, 5) is 7.92. The van der Waals surface area contributed by atoms with Crippen LogP contribution in [0.1, 0.15) is 0 Å². The molecule has 1 heterocycles. The summed E-state index contributed by atoms with van der Waals surface area (Å²) in [6.45, 7) is 0. The Morgan fingerprint density at radius 2 is 1.78 bits per heavy atom. The highest BCUT2D eigenvalue weighted by Gasteiger charge is 2.06. The fourth-order valence-corrected chi connectivity index (χ4v) is 1.83. The van der Waals surface area contributed by atoms with Gasteiger partial charge in [0.25, 0.3) is 0 Å². The van der Waals surface area contributed by atoms with Gasteiger partial charge in [-0.25, -0.2) is 18.5 Å². The Balaban J connectivity index is 2.21. The normalized spacial score (nSPS) is 11.2. The van der Waals surface area contributed by atoms with Crippen LogP contribution in [0.25, 0.3) is 0 Å². The van der Waals surface area contributed by atoms with Crippen molar-refractivity contribution < 1.29 is 8.42 Å². The van der Waals surface area contributed by atoms with Gasteiger partial charge in [-0.15, -0.1) is 0 Å².